The van der Waals surface area contributed by atoms with Gasteiger partial charge in [0.05, 0.1) is 16.9 Å². The Bertz CT molecular complexity index is 1280. The maximum atomic E-state index is 9.74. The second-order valence-electron chi connectivity index (χ2n) is 8.10. The molecule has 4 heterocycles. The van der Waals surface area contributed by atoms with E-state index in [4.69, 9.17) is 4.98 Å². The Hall–Kier alpha value is -3.73. The van der Waals surface area contributed by atoms with Gasteiger partial charge in [0.1, 0.15) is 6.07 Å². The van der Waals surface area contributed by atoms with Gasteiger partial charge in [0.25, 0.3) is 0 Å². The van der Waals surface area contributed by atoms with Crippen LogP contribution in [0.5, 0.6) is 0 Å². The summed E-state index contributed by atoms with van der Waals surface area (Å²) in [5, 5.41) is 17.8. The average Bonchev–Trinajstić information content (AvgIpc) is 3.32. The molecule has 160 valence electrons. The summed E-state index contributed by atoms with van der Waals surface area (Å²) in [5.41, 5.74) is 7.16. The number of benzene rings is 1. The fourth-order valence-electron chi connectivity index (χ4n) is 4.23. The van der Waals surface area contributed by atoms with Crippen molar-refractivity contribution in [2.45, 2.75) is 13.5 Å². The van der Waals surface area contributed by atoms with Crippen molar-refractivity contribution < 1.29 is 0 Å². The van der Waals surface area contributed by atoms with Crippen LogP contribution in [-0.2, 0) is 6.54 Å². The lowest BCUT2D eigenvalue weighted by Crippen LogP contribution is -2.42. The minimum atomic E-state index is 0.489. The molecule has 0 radical (unpaired) electrons. The van der Waals surface area contributed by atoms with E-state index in [1.165, 1.54) is 5.56 Å². The van der Waals surface area contributed by atoms with Gasteiger partial charge < -0.3 is 15.6 Å². The van der Waals surface area contributed by atoms with E-state index in [-0.39, 0.29) is 0 Å². The van der Waals surface area contributed by atoms with Crippen molar-refractivity contribution in [2.24, 2.45) is 0 Å². The number of H-pyrrole nitrogens is 1. The van der Waals surface area contributed by atoms with Crippen LogP contribution in [0.2, 0.25) is 0 Å². The van der Waals surface area contributed by atoms with Crippen LogP contribution in [0.25, 0.3) is 22.2 Å². The largest absolute Gasteiger partial charge is 0.361 e. The van der Waals surface area contributed by atoms with E-state index in [0.29, 0.717) is 5.56 Å². The molecular weight excluding hydrogens is 398 g/mol. The van der Waals surface area contributed by atoms with Crippen molar-refractivity contribution >= 4 is 22.3 Å². The number of fused-ring (bicyclic) bond motifs is 1. The number of piperazine rings is 1. The number of hydrogen-bond donors (Lipinski definition) is 3. The first-order chi connectivity index (χ1) is 15.7. The lowest BCUT2D eigenvalue weighted by Gasteiger charge is -2.27. The molecule has 1 saturated heterocycles. The van der Waals surface area contributed by atoms with Crippen molar-refractivity contribution in [3.8, 4) is 17.3 Å². The maximum absolute atomic E-state index is 9.74. The average molecular weight is 424 g/mol. The topological polar surface area (TPSA) is 92.7 Å². The number of aromatic nitrogens is 3. The lowest BCUT2D eigenvalue weighted by atomic mass is 10.0. The quantitative estimate of drug-likeness (QED) is 0.450. The third kappa shape index (κ3) is 3.94. The smallest absolute Gasteiger partial charge is 0.103 e. The van der Waals surface area contributed by atoms with Gasteiger partial charge in [-0.15, -0.1) is 0 Å². The highest BCUT2D eigenvalue weighted by Crippen LogP contribution is 2.34. The second-order valence-corrected chi connectivity index (χ2v) is 8.10. The molecule has 0 unspecified atom stereocenters. The predicted molar refractivity (Wildman–Crippen MR) is 127 cm³/mol. The summed E-state index contributed by atoms with van der Waals surface area (Å²) in [7, 11) is 0. The molecule has 0 amide bonds. The first kappa shape index (κ1) is 20.2. The van der Waals surface area contributed by atoms with Crippen LogP contribution in [0.3, 0.4) is 0 Å². The van der Waals surface area contributed by atoms with Crippen molar-refractivity contribution in [2.75, 3.05) is 31.5 Å². The molecule has 0 aliphatic carbocycles. The molecule has 3 aromatic heterocycles. The fourth-order valence-corrected chi connectivity index (χ4v) is 4.23. The molecular formula is C25H25N7. The highest BCUT2D eigenvalue weighted by molar-refractivity contribution is 5.91. The third-order valence-electron chi connectivity index (χ3n) is 6.05. The van der Waals surface area contributed by atoms with Crippen LogP contribution < -0.4 is 10.6 Å². The molecule has 7 nitrogen and oxygen atoms in total. The SMILES string of the molecule is Cc1c(Nc2c(C#N)cncc2-c2ccc(CN3CCNCC3)cn2)ccc2[nH]ccc12. The molecule has 1 aromatic carbocycles. The Kier molecular flexibility index (Phi) is 5.55. The minimum Gasteiger partial charge on any atom is -0.361 e. The number of rotatable bonds is 5. The van der Waals surface area contributed by atoms with Crippen molar-refractivity contribution in [3.63, 3.8) is 0 Å². The molecule has 0 bridgehead atoms. The first-order valence-electron chi connectivity index (χ1n) is 10.8. The van der Waals surface area contributed by atoms with Gasteiger partial charge in [0, 0.05) is 79.7 Å². The Morgan fingerprint density at radius 1 is 1.09 bits per heavy atom. The number of nitrogens with zero attached hydrogens (tertiary/aromatic N) is 4. The van der Waals surface area contributed by atoms with Crippen LogP contribution in [0.15, 0.2) is 55.1 Å². The summed E-state index contributed by atoms with van der Waals surface area (Å²) < 4.78 is 0. The molecule has 7 heteroatoms. The van der Waals surface area contributed by atoms with Gasteiger partial charge in [-0.3, -0.25) is 14.9 Å². The zero-order chi connectivity index (χ0) is 21.9. The van der Waals surface area contributed by atoms with Gasteiger partial charge in [-0.2, -0.15) is 5.26 Å². The van der Waals surface area contributed by atoms with Crippen LogP contribution >= 0.6 is 0 Å². The van der Waals surface area contributed by atoms with E-state index >= 15 is 0 Å². The number of aromatic amines is 1. The van der Waals surface area contributed by atoms with E-state index in [2.05, 4.69) is 50.6 Å². The van der Waals surface area contributed by atoms with Crippen molar-refractivity contribution in [1.82, 2.24) is 25.2 Å². The number of anilines is 2. The van der Waals surface area contributed by atoms with Crippen LogP contribution in [0.4, 0.5) is 11.4 Å². The molecule has 1 aliphatic rings. The lowest BCUT2D eigenvalue weighted by molar-refractivity contribution is 0.233. The second kappa shape index (κ2) is 8.79. The number of pyridine rings is 2. The minimum absolute atomic E-state index is 0.489. The summed E-state index contributed by atoms with van der Waals surface area (Å²) in [6.45, 7) is 7.13. The van der Waals surface area contributed by atoms with Gasteiger partial charge in [-0.25, -0.2) is 0 Å². The van der Waals surface area contributed by atoms with E-state index in [9.17, 15) is 5.26 Å². The number of hydrogen-bond acceptors (Lipinski definition) is 6. The summed E-state index contributed by atoms with van der Waals surface area (Å²) in [5.74, 6) is 0. The first-order valence-corrected chi connectivity index (χ1v) is 10.8. The molecule has 1 aliphatic heterocycles. The Morgan fingerprint density at radius 2 is 1.97 bits per heavy atom. The number of nitriles is 1. The summed E-state index contributed by atoms with van der Waals surface area (Å²) >= 11 is 0. The Labute approximate surface area is 187 Å². The van der Waals surface area contributed by atoms with Gasteiger partial charge in [-0.05, 0) is 42.3 Å². The van der Waals surface area contributed by atoms with Gasteiger partial charge in [-0.1, -0.05) is 6.07 Å². The monoisotopic (exact) mass is 423 g/mol. The predicted octanol–water partition coefficient (Wildman–Crippen LogP) is 3.95. The van der Waals surface area contributed by atoms with Gasteiger partial charge in [0.15, 0.2) is 0 Å². The van der Waals surface area contributed by atoms with E-state index < -0.39 is 0 Å². The molecule has 0 saturated carbocycles. The van der Waals surface area contributed by atoms with Crippen LogP contribution in [0.1, 0.15) is 16.7 Å². The molecule has 5 rings (SSSR count). The highest BCUT2D eigenvalue weighted by atomic mass is 15.2. The zero-order valence-corrected chi connectivity index (χ0v) is 18.0. The van der Waals surface area contributed by atoms with Crippen LogP contribution in [-0.4, -0.2) is 46.0 Å². The summed E-state index contributed by atoms with van der Waals surface area (Å²) in [6.07, 6.45) is 7.23. The Morgan fingerprint density at radius 3 is 2.75 bits per heavy atom. The molecule has 3 N–H and O–H groups in total. The molecule has 32 heavy (non-hydrogen) atoms. The van der Waals surface area contributed by atoms with Gasteiger partial charge in [0.2, 0.25) is 0 Å². The van der Waals surface area contributed by atoms with Crippen molar-refractivity contribution in [1.29, 1.82) is 5.26 Å². The highest BCUT2D eigenvalue weighted by Gasteiger charge is 2.15. The Balaban J connectivity index is 1.46. The summed E-state index contributed by atoms with van der Waals surface area (Å²) in [6, 6.07) is 12.5. The summed E-state index contributed by atoms with van der Waals surface area (Å²) in [4.78, 5) is 14.7. The zero-order valence-electron chi connectivity index (χ0n) is 18.0. The van der Waals surface area contributed by atoms with E-state index in [0.717, 1.165) is 71.8 Å². The standard InChI is InChI=1S/C25H25N7/c1-17-20-6-7-29-23(20)5-4-22(17)31-25-19(12-26)14-28-15-21(25)24-3-2-18(13-30-24)16-32-10-8-27-9-11-32/h2-7,13-15,27,29H,8-11,16H2,1H3,(H,28,31). The number of aryl methyl sites for hydroxylation is 1. The molecule has 1 fully saturated rings. The molecule has 0 spiro atoms. The normalized spacial score (nSPS) is 14.4. The molecule has 4 aromatic rings. The number of nitrogens with one attached hydrogen (secondary N) is 3. The molecule has 0 atom stereocenters. The third-order valence-corrected chi connectivity index (χ3v) is 6.05. The van der Waals surface area contributed by atoms with Gasteiger partial charge >= 0.3 is 0 Å². The maximum Gasteiger partial charge on any atom is 0.103 e. The van der Waals surface area contributed by atoms with E-state index in [1.54, 1.807) is 12.4 Å². The van der Waals surface area contributed by atoms with Crippen molar-refractivity contribution in [3.05, 3.63) is 71.8 Å². The van der Waals surface area contributed by atoms with Crippen LogP contribution in [0, 0.1) is 18.3 Å². The fraction of sp³-hybridized carbons (Fsp3) is 0.240. The van der Waals surface area contributed by atoms with E-state index in [1.807, 2.05) is 30.6 Å².